The molecule has 1 fully saturated rings. The Bertz CT molecular complexity index is 754. The van der Waals surface area contributed by atoms with E-state index < -0.39 is 5.54 Å². The Kier molecular flexibility index (Phi) is 6.08. The van der Waals surface area contributed by atoms with Crippen molar-refractivity contribution in [1.82, 2.24) is 9.88 Å². The highest BCUT2D eigenvalue weighted by atomic mass is 32.2. The molecule has 0 radical (unpaired) electrons. The van der Waals surface area contributed by atoms with Crippen LogP contribution in [0.1, 0.15) is 54.5 Å². The highest BCUT2D eigenvalue weighted by Gasteiger charge is 2.38. The van der Waals surface area contributed by atoms with Gasteiger partial charge in [-0.25, -0.2) is 4.98 Å². The molecule has 0 N–H and O–H groups in total. The number of carbonyl (C=O) groups excluding carboxylic acids is 1. The minimum Gasteiger partial charge on any atom is -0.326 e. The number of nitriles is 2. The second kappa shape index (κ2) is 7.89. The van der Waals surface area contributed by atoms with Gasteiger partial charge in [-0.1, -0.05) is 31.0 Å². The van der Waals surface area contributed by atoms with E-state index in [2.05, 4.69) is 17.1 Å². The zero-order valence-corrected chi connectivity index (χ0v) is 16.2. The van der Waals surface area contributed by atoms with Crippen molar-refractivity contribution in [2.75, 3.05) is 12.8 Å². The van der Waals surface area contributed by atoms with Gasteiger partial charge in [0.15, 0.2) is 0 Å². The van der Waals surface area contributed by atoms with E-state index in [0.717, 1.165) is 48.9 Å². The SMILES string of the molecule is Cc1nc(SCC(=O)N(C)C2(C#N)CCCCC2)c(C#N)c(C)c1C. The van der Waals surface area contributed by atoms with Crippen molar-refractivity contribution in [2.24, 2.45) is 0 Å². The predicted octanol–water partition coefficient (Wildman–Crippen LogP) is 3.66. The number of amides is 1. The van der Waals surface area contributed by atoms with Gasteiger partial charge in [0.25, 0.3) is 0 Å². The number of pyridine rings is 1. The molecular formula is C19H24N4OS. The lowest BCUT2D eigenvalue weighted by Gasteiger charge is -2.39. The summed E-state index contributed by atoms with van der Waals surface area (Å²) in [4.78, 5) is 18.8. The van der Waals surface area contributed by atoms with Crippen LogP contribution >= 0.6 is 11.8 Å². The largest absolute Gasteiger partial charge is 0.326 e. The lowest BCUT2D eigenvalue weighted by molar-refractivity contribution is -0.131. The molecule has 0 atom stereocenters. The smallest absolute Gasteiger partial charge is 0.234 e. The van der Waals surface area contributed by atoms with Crippen molar-refractivity contribution in [3.05, 3.63) is 22.4 Å². The number of rotatable bonds is 4. The number of hydrogen-bond donors (Lipinski definition) is 0. The van der Waals surface area contributed by atoms with Crippen molar-refractivity contribution in [3.8, 4) is 12.1 Å². The van der Waals surface area contributed by atoms with Crippen LogP contribution in [0, 0.1) is 43.4 Å². The molecule has 1 aliphatic rings. The molecule has 6 heteroatoms. The van der Waals surface area contributed by atoms with Crippen LogP contribution in [-0.4, -0.2) is 34.1 Å². The van der Waals surface area contributed by atoms with Crippen molar-refractivity contribution < 1.29 is 4.79 Å². The van der Waals surface area contributed by atoms with Gasteiger partial charge in [-0.3, -0.25) is 4.79 Å². The number of carbonyl (C=O) groups is 1. The summed E-state index contributed by atoms with van der Waals surface area (Å²) < 4.78 is 0. The zero-order valence-electron chi connectivity index (χ0n) is 15.3. The lowest BCUT2D eigenvalue weighted by atomic mass is 9.81. The molecule has 5 nitrogen and oxygen atoms in total. The van der Waals surface area contributed by atoms with Crippen LogP contribution in [0.25, 0.3) is 0 Å². The molecule has 1 aromatic rings. The molecule has 0 aliphatic heterocycles. The molecule has 1 aromatic heterocycles. The first kappa shape index (κ1) is 19.3. The Labute approximate surface area is 154 Å². The average molecular weight is 356 g/mol. The third-order valence-corrected chi connectivity index (χ3v) is 6.27. The Balaban J connectivity index is 2.15. The van der Waals surface area contributed by atoms with E-state index in [-0.39, 0.29) is 11.7 Å². The molecule has 1 amide bonds. The van der Waals surface area contributed by atoms with E-state index in [1.165, 1.54) is 11.8 Å². The first-order valence-electron chi connectivity index (χ1n) is 8.55. The minimum atomic E-state index is -0.680. The van der Waals surface area contributed by atoms with Crippen LogP contribution in [0.2, 0.25) is 0 Å². The molecule has 132 valence electrons. The van der Waals surface area contributed by atoms with Gasteiger partial charge in [-0.15, -0.1) is 0 Å². The number of nitrogens with zero attached hydrogens (tertiary/aromatic N) is 4. The summed E-state index contributed by atoms with van der Waals surface area (Å²) in [6.45, 7) is 5.77. The third kappa shape index (κ3) is 3.80. The molecule has 1 aliphatic carbocycles. The molecule has 1 saturated carbocycles. The molecular weight excluding hydrogens is 332 g/mol. The fraction of sp³-hybridized carbons (Fsp3) is 0.579. The summed E-state index contributed by atoms with van der Waals surface area (Å²) in [5.74, 6) is 0.0961. The highest BCUT2D eigenvalue weighted by molar-refractivity contribution is 8.00. The summed E-state index contributed by atoms with van der Waals surface area (Å²) in [6, 6.07) is 4.58. The van der Waals surface area contributed by atoms with Crippen LogP contribution < -0.4 is 0 Å². The third-order valence-electron chi connectivity index (χ3n) is 5.31. The summed E-state index contributed by atoms with van der Waals surface area (Å²) in [5, 5.41) is 19.7. The number of aromatic nitrogens is 1. The van der Waals surface area contributed by atoms with Crippen molar-refractivity contribution >= 4 is 17.7 Å². The molecule has 1 heterocycles. The van der Waals surface area contributed by atoms with Gasteiger partial charge in [0.1, 0.15) is 16.6 Å². The molecule has 0 bridgehead atoms. The molecule has 0 saturated heterocycles. The van der Waals surface area contributed by atoms with E-state index in [1.807, 2.05) is 20.8 Å². The van der Waals surface area contributed by atoms with E-state index in [0.29, 0.717) is 10.6 Å². The van der Waals surface area contributed by atoms with Crippen LogP contribution in [0.15, 0.2) is 5.03 Å². The van der Waals surface area contributed by atoms with E-state index in [1.54, 1.807) is 11.9 Å². The van der Waals surface area contributed by atoms with Crippen LogP contribution in [0.5, 0.6) is 0 Å². The lowest BCUT2D eigenvalue weighted by Crippen LogP contribution is -2.50. The fourth-order valence-corrected chi connectivity index (χ4v) is 4.27. The molecule has 0 spiro atoms. The summed E-state index contributed by atoms with van der Waals surface area (Å²) in [7, 11) is 1.72. The minimum absolute atomic E-state index is 0.0879. The van der Waals surface area contributed by atoms with Crippen LogP contribution in [-0.2, 0) is 4.79 Å². The number of hydrogen-bond acceptors (Lipinski definition) is 5. The second-order valence-corrected chi connectivity index (χ2v) is 7.65. The van der Waals surface area contributed by atoms with Crippen molar-refractivity contribution in [2.45, 2.75) is 63.4 Å². The Morgan fingerprint density at radius 1 is 1.20 bits per heavy atom. The second-order valence-electron chi connectivity index (χ2n) is 6.68. The van der Waals surface area contributed by atoms with Gasteiger partial charge >= 0.3 is 0 Å². The summed E-state index contributed by atoms with van der Waals surface area (Å²) >= 11 is 1.28. The number of aryl methyl sites for hydroxylation is 1. The summed E-state index contributed by atoms with van der Waals surface area (Å²) in [5.41, 5.74) is 2.66. The van der Waals surface area contributed by atoms with Gasteiger partial charge in [-0.05, 0) is 44.7 Å². The highest BCUT2D eigenvalue weighted by Crippen LogP contribution is 2.33. The van der Waals surface area contributed by atoms with E-state index in [9.17, 15) is 15.3 Å². The Morgan fingerprint density at radius 3 is 2.40 bits per heavy atom. The quantitative estimate of drug-likeness (QED) is 0.769. The van der Waals surface area contributed by atoms with Gasteiger partial charge < -0.3 is 4.90 Å². The fourth-order valence-electron chi connectivity index (χ4n) is 3.27. The zero-order chi connectivity index (χ0) is 18.6. The first-order valence-corrected chi connectivity index (χ1v) is 9.53. The van der Waals surface area contributed by atoms with E-state index in [4.69, 9.17) is 0 Å². The monoisotopic (exact) mass is 356 g/mol. The maximum absolute atomic E-state index is 12.7. The summed E-state index contributed by atoms with van der Waals surface area (Å²) in [6.07, 6.45) is 4.56. The maximum Gasteiger partial charge on any atom is 0.234 e. The van der Waals surface area contributed by atoms with Crippen LogP contribution in [0.3, 0.4) is 0 Å². The molecule has 2 rings (SSSR count). The van der Waals surface area contributed by atoms with Crippen molar-refractivity contribution in [3.63, 3.8) is 0 Å². The van der Waals surface area contributed by atoms with Gasteiger partial charge in [0.05, 0.1) is 17.4 Å². The maximum atomic E-state index is 12.7. The predicted molar refractivity (Wildman–Crippen MR) is 98.1 cm³/mol. The number of thioether (sulfide) groups is 1. The van der Waals surface area contributed by atoms with E-state index >= 15 is 0 Å². The Morgan fingerprint density at radius 2 is 1.84 bits per heavy atom. The molecule has 0 unspecified atom stereocenters. The average Bonchev–Trinajstić information content (AvgIpc) is 2.64. The first-order chi connectivity index (χ1) is 11.9. The Hall–Kier alpha value is -2.05. The van der Waals surface area contributed by atoms with Gasteiger partial charge in [0.2, 0.25) is 5.91 Å². The molecule has 25 heavy (non-hydrogen) atoms. The topological polar surface area (TPSA) is 80.8 Å². The standard InChI is InChI=1S/C19H24N4OS/c1-13-14(2)16(10-20)18(22-15(13)3)25-11-17(24)23(4)19(12-21)8-6-5-7-9-19/h5-9,11H2,1-4H3. The normalized spacial score (nSPS) is 15.9. The van der Waals surface area contributed by atoms with Gasteiger partial charge in [0, 0.05) is 12.7 Å². The van der Waals surface area contributed by atoms with Crippen LogP contribution in [0.4, 0.5) is 0 Å². The van der Waals surface area contributed by atoms with Crippen molar-refractivity contribution in [1.29, 1.82) is 10.5 Å². The van der Waals surface area contributed by atoms with Gasteiger partial charge in [-0.2, -0.15) is 10.5 Å². The molecule has 0 aromatic carbocycles.